The summed E-state index contributed by atoms with van der Waals surface area (Å²) in [7, 11) is 0. The number of hydrogen-bond donors (Lipinski definition) is 1. The summed E-state index contributed by atoms with van der Waals surface area (Å²) in [4.78, 5) is 11.5. The quantitative estimate of drug-likeness (QED) is 0.842. The Balaban J connectivity index is 2.81. The maximum Gasteiger partial charge on any atom is 0.417 e. The molecule has 0 fully saturated rings. The van der Waals surface area contributed by atoms with Crippen LogP contribution in [-0.4, -0.2) is 5.91 Å². The zero-order valence-corrected chi connectivity index (χ0v) is 12.5. The van der Waals surface area contributed by atoms with Crippen molar-refractivity contribution < 1.29 is 18.0 Å². The van der Waals surface area contributed by atoms with Gasteiger partial charge in [-0.3, -0.25) is 4.79 Å². The zero-order chi connectivity index (χ0) is 15.8. The van der Waals surface area contributed by atoms with Crippen LogP contribution in [0.25, 0.3) is 11.1 Å². The zero-order valence-electron chi connectivity index (χ0n) is 11.0. The molecular formula is C15H11BrF3NO. The Hall–Kier alpha value is -1.82. The van der Waals surface area contributed by atoms with E-state index < -0.39 is 17.6 Å². The van der Waals surface area contributed by atoms with Gasteiger partial charge in [0.15, 0.2) is 0 Å². The van der Waals surface area contributed by atoms with Crippen LogP contribution >= 0.6 is 15.9 Å². The van der Waals surface area contributed by atoms with Gasteiger partial charge in [-0.15, -0.1) is 0 Å². The fourth-order valence-electron chi connectivity index (χ4n) is 2.05. The summed E-state index contributed by atoms with van der Waals surface area (Å²) in [5.74, 6) is -0.896. The summed E-state index contributed by atoms with van der Waals surface area (Å²) in [5, 5.41) is 0. The number of nitrogens with two attached hydrogens (primary N) is 1. The highest BCUT2D eigenvalue weighted by molar-refractivity contribution is 9.10. The first kappa shape index (κ1) is 15.6. The lowest BCUT2D eigenvalue weighted by Crippen LogP contribution is -2.16. The van der Waals surface area contributed by atoms with Crippen LogP contribution in [-0.2, 0) is 6.18 Å². The molecule has 0 aliphatic rings. The molecule has 110 valence electrons. The van der Waals surface area contributed by atoms with Gasteiger partial charge in [0.05, 0.1) is 5.56 Å². The van der Waals surface area contributed by atoms with Crippen LogP contribution in [0.4, 0.5) is 13.2 Å². The molecule has 2 aromatic rings. The smallest absolute Gasteiger partial charge is 0.366 e. The Bertz CT molecular complexity index is 711. The highest BCUT2D eigenvalue weighted by Crippen LogP contribution is 2.39. The van der Waals surface area contributed by atoms with E-state index in [0.29, 0.717) is 4.47 Å². The summed E-state index contributed by atoms with van der Waals surface area (Å²) in [6.07, 6.45) is -4.57. The van der Waals surface area contributed by atoms with Gasteiger partial charge in [0.25, 0.3) is 0 Å². The first-order valence-corrected chi connectivity index (χ1v) is 6.77. The van der Waals surface area contributed by atoms with E-state index in [1.165, 1.54) is 18.2 Å². The van der Waals surface area contributed by atoms with Gasteiger partial charge in [-0.25, -0.2) is 0 Å². The lowest BCUT2D eigenvalue weighted by atomic mass is 9.93. The fraction of sp³-hybridized carbons (Fsp3) is 0.133. The highest BCUT2D eigenvalue weighted by Gasteiger charge is 2.35. The summed E-state index contributed by atoms with van der Waals surface area (Å²) in [5.41, 5.74) is 5.15. The maximum absolute atomic E-state index is 13.2. The molecule has 0 aliphatic heterocycles. The van der Waals surface area contributed by atoms with Crippen LogP contribution in [0.5, 0.6) is 0 Å². The first-order chi connectivity index (χ1) is 9.71. The van der Waals surface area contributed by atoms with Gasteiger partial charge in [-0.05, 0) is 36.2 Å². The fourth-order valence-corrected chi connectivity index (χ4v) is 2.43. The number of aryl methyl sites for hydroxylation is 1. The Labute approximate surface area is 127 Å². The Morgan fingerprint density at radius 1 is 1.19 bits per heavy atom. The number of primary amides is 1. The summed E-state index contributed by atoms with van der Waals surface area (Å²) in [6.45, 7) is 1.82. The summed E-state index contributed by atoms with van der Waals surface area (Å²) in [6, 6.07) is 8.17. The minimum absolute atomic E-state index is 0.152. The van der Waals surface area contributed by atoms with Gasteiger partial charge in [-0.1, -0.05) is 34.1 Å². The normalized spacial score (nSPS) is 11.5. The molecule has 0 aliphatic carbocycles. The van der Waals surface area contributed by atoms with E-state index in [1.807, 2.05) is 6.92 Å². The van der Waals surface area contributed by atoms with Crippen molar-refractivity contribution in [1.29, 1.82) is 0 Å². The van der Waals surface area contributed by atoms with Crippen LogP contribution in [0.2, 0.25) is 0 Å². The molecule has 2 nitrogen and oxygen atoms in total. The minimum atomic E-state index is -4.57. The third-order valence-corrected chi connectivity index (χ3v) is 3.95. The van der Waals surface area contributed by atoms with E-state index in [4.69, 9.17) is 5.73 Å². The predicted octanol–water partition coefficient (Wildman–Crippen LogP) is 4.54. The molecule has 0 unspecified atom stereocenters. The third kappa shape index (κ3) is 3.10. The van der Waals surface area contributed by atoms with Crippen LogP contribution in [0.15, 0.2) is 40.9 Å². The average molecular weight is 358 g/mol. The van der Waals surface area contributed by atoms with E-state index in [9.17, 15) is 18.0 Å². The molecular weight excluding hydrogens is 347 g/mol. The van der Waals surface area contributed by atoms with E-state index >= 15 is 0 Å². The van der Waals surface area contributed by atoms with Gasteiger partial charge in [0, 0.05) is 15.6 Å². The van der Waals surface area contributed by atoms with Crippen molar-refractivity contribution in [1.82, 2.24) is 0 Å². The lowest BCUT2D eigenvalue weighted by Gasteiger charge is -2.16. The Morgan fingerprint density at radius 3 is 2.38 bits per heavy atom. The molecule has 6 heteroatoms. The largest absolute Gasteiger partial charge is 0.417 e. The van der Waals surface area contributed by atoms with Gasteiger partial charge < -0.3 is 5.73 Å². The molecule has 2 aromatic carbocycles. The molecule has 0 atom stereocenters. The summed E-state index contributed by atoms with van der Waals surface area (Å²) < 4.78 is 40.2. The second-order valence-electron chi connectivity index (χ2n) is 4.55. The number of carbonyl (C=O) groups is 1. The van der Waals surface area contributed by atoms with E-state index in [2.05, 4.69) is 15.9 Å². The van der Waals surface area contributed by atoms with Crippen molar-refractivity contribution in [2.24, 2.45) is 5.73 Å². The average Bonchev–Trinajstić information content (AvgIpc) is 2.40. The number of rotatable bonds is 2. The molecule has 0 saturated carbocycles. The maximum atomic E-state index is 13.2. The lowest BCUT2D eigenvalue weighted by molar-refractivity contribution is -0.137. The van der Waals surface area contributed by atoms with Crippen LogP contribution in [0, 0.1) is 6.92 Å². The van der Waals surface area contributed by atoms with Gasteiger partial charge in [-0.2, -0.15) is 13.2 Å². The third-order valence-electron chi connectivity index (χ3n) is 3.10. The second kappa shape index (κ2) is 5.52. The molecule has 0 saturated heterocycles. The Kier molecular flexibility index (Phi) is 4.09. The van der Waals surface area contributed by atoms with Crippen molar-refractivity contribution in [3.63, 3.8) is 0 Å². The Morgan fingerprint density at radius 2 is 1.86 bits per heavy atom. The first-order valence-electron chi connectivity index (χ1n) is 5.98. The van der Waals surface area contributed by atoms with Crippen molar-refractivity contribution in [2.75, 3.05) is 0 Å². The standard InChI is InChI=1S/C15H11BrF3NO/c1-8-5-6-9(7-12(8)16)13-10(14(20)21)3-2-4-11(13)15(17,18)19/h2-7H,1H3,(H2,20,21). The number of carbonyl (C=O) groups excluding carboxylic acids is 1. The van der Waals surface area contributed by atoms with Crippen molar-refractivity contribution in [3.05, 3.63) is 57.6 Å². The van der Waals surface area contributed by atoms with E-state index in [0.717, 1.165) is 11.6 Å². The predicted molar refractivity (Wildman–Crippen MR) is 77.8 cm³/mol. The van der Waals surface area contributed by atoms with E-state index in [1.54, 1.807) is 12.1 Å². The number of alkyl halides is 3. The molecule has 2 rings (SSSR count). The molecule has 1 amide bonds. The van der Waals surface area contributed by atoms with Gasteiger partial charge in [0.2, 0.25) is 5.91 Å². The molecule has 0 heterocycles. The number of halogens is 4. The van der Waals surface area contributed by atoms with Crippen LogP contribution in [0.3, 0.4) is 0 Å². The van der Waals surface area contributed by atoms with Crippen molar-refractivity contribution in [2.45, 2.75) is 13.1 Å². The molecule has 0 aromatic heterocycles. The van der Waals surface area contributed by atoms with Crippen LogP contribution in [0.1, 0.15) is 21.5 Å². The van der Waals surface area contributed by atoms with Crippen molar-refractivity contribution >= 4 is 21.8 Å². The SMILES string of the molecule is Cc1ccc(-c2c(C(N)=O)cccc2C(F)(F)F)cc1Br. The number of benzene rings is 2. The topological polar surface area (TPSA) is 43.1 Å². The minimum Gasteiger partial charge on any atom is -0.366 e. The van der Waals surface area contributed by atoms with Crippen LogP contribution < -0.4 is 5.73 Å². The molecule has 2 N–H and O–H groups in total. The molecule has 0 bridgehead atoms. The van der Waals surface area contributed by atoms with Crippen molar-refractivity contribution in [3.8, 4) is 11.1 Å². The monoisotopic (exact) mass is 357 g/mol. The van der Waals surface area contributed by atoms with Gasteiger partial charge in [0.1, 0.15) is 0 Å². The molecule has 0 radical (unpaired) electrons. The summed E-state index contributed by atoms with van der Waals surface area (Å²) >= 11 is 3.28. The van der Waals surface area contributed by atoms with E-state index in [-0.39, 0.29) is 16.7 Å². The molecule has 21 heavy (non-hydrogen) atoms. The highest BCUT2D eigenvalue weighted by atomic mass is 79.9. The van der Waals surface area contributed by atoms with Gasteiger partial charge >= 0.3 is 6.18 Å². The number of amides is 1. The molecule has 0 spiro atoms. The number of hydrogen-bond acceptors (Lipinski definition) is 1. The second-order valence-corrected chi connectivity index (χ2v) is 5.41.